The van der Waals surface area contributed by atoms with Crippen molar-refractivity contribution in [2.24, 2.45) is 0 Å². The minimum absolute atomic E-state index is 0.462. The summed E-state index contributed by atoms with van der Waals surface area (Å²) in [4.78, 5) is 15.4. The van der Waals surface area contributed by atoms with E-state index in [9.17, 15) is 0 Å². The van der Waals surface area contributed by atoms with E-state index >= 15 is 0 Å². The van der Waals surface area contributed by atoms with E-state index in [1.807, 2.05) is 0 Å². The van der Waals surface area contributed by atoms with E-state index in [0.29, 0.717) is 17.5 Å². The second-order valence-corrected chi connectivity index (χ2v) is 27.5. The minimum Gasteiger partial charge on any atom is -0.208 e. The van der Waals surface area contributed by atoms with Gasteiger partial charge in [-0.05, 0) is 56.6 Å². The maximum Gasteiger partial charge on any atom is 0.164 e. The highest BCUT2D eigenvalue weighted by atomic mass is 28.3. The molecule has 1 aromatic heterocycles. The standard InChI is InChI=1S/C52H47N3Si2/c1-56(2,3)43-29-24-36(25-30-43)49-53-50(37-26-31-44(32-27-37)57(4,5)6)55-51(54-49)40-17-15-16-38(34-40)39-28-33-46-45-22-13-14-23-47(45)52(48(46)35-39,41-18-9-7-10-19-41)42-20-11-8-12-21-42/h7-35H,1-6H3. The molecule has 5 heteroatoms. The molecule has 7 aromatic carbocycles. The van der Waals surface area contributed by atoms with Gasteiger partial charge in [0, 0.05) is 16.7 Å². The van der Waals surface area contributed by atoms with Crippen LogP contribution in [0, 0.1) is 0 Å². The summed E-state index contributed by atoms with van der Waals surface area (Å²) < 4.78 is 0. The summed E-state index contributed by atoms with van der Waals surface area (Å²) in [5.74, 6) is 2.03. The molecule has 0 amide bonds. The van der Waals surface area contributed by atoms with Gasteiger partial charge in [-0.25, -0.2) is 15.0 Å². The summed E-state index contributed by atoms with van der Waals surface area (Å²) in [5.41, 5.74) is 12.4. The number of nitrogens with zero attached hydrogens (tertiary/aromatic N) is 3. The Kier molecular flexibility index (Phi) is 9.10. The maximum atomic E-state index is 5.17. The van der Waals surface area contributed by atoms with Crippen molar-refractivity contribution in [2.75, 3.05) is 0 Å². The molecule has 0 bridgehead atoms. The van der Waals surface area contributed by atoms with Gasteiger partial charge in [-0.1, -0.05) is 213 Å². The molecule has 0 N–H and O–H groups in total. The molecule has 0 atom stereocenters. The first-order chi connectivity index (χ1) is 27.5. The molecule has 9 rings (SSSR count). The van der Waals surface area contributed by atoms with Gasteiger partial charge in [0.2, 0.25) is 0 Å². The fourth-order valence-corrected chi connectivity index (χ4v) is 10.8. The first-order valence-electron chi connectivity index (χ1n) is 19.9. The van der Waals surface area contributed by atoms with Gasteiger partial charge in [0.25, 0.3) is 0 Å². The first-order valence-corrected chi connectivity index (χ1v) is 26.9. The monoisotopic (exact) mass is 769 g/mol. The number of aromatic nitrogens is 3. The van der Waals surface area contributed by atoms with E-state index in [-0.39, 0.29) is 0 Å². The molecule has 8 aromatic rings. The SMILES string of the molecule is C[Si](C)(C)c1ccc(-c2nc(-c3ccc([Si](C)(C)C)cc3)nc(-c3cccc(-c4ccc5c(c4)C(c4ccccc4)(c4ccccc4)c4ccccc4-5)c3)n2)cc1. The summed E-state index contributed by atoms with van der Waals surface area (Å²) in [6, 6.07) is 64.3. The molecular formula is C52H47N3Si2. The summed E-state index contributed by atoms with van der Waals surface area (Å²) in [6.07, 6.45) is 0. The quantitative estimate of drug-likeness (QED) is 0.145. The summed E-state index contributed by atoms with van der Waals surface area (Å²) in [6.45, 7) is 14.3. The zero-order valence-corrected chi connectivity index (χ0v) is 35.6. The third kappa shape index (κ3) is 6.61. The van der Waals surface area contributed by atoms with Gasteiger partial charge in [-0.2, -0.15) is 0 Å². The van der Waals surface area contributed by atoms with E-state index in [1.54, 1.807) is 0 Å². The van der Waals surface area contributed by atoms with Gasteiger partial charge in [0.05, 0.1) is 21.6 Å². The van der Waals surface area contributed by atoms with Gasteiger partial charge >= 0.3 is 0 Å². The van der Waals surface area contributed by atoms with Gasteiger partial charge in [0.1, 0.15) is 0 Å². The fraction of sp³-hybridized carbons (Fsp3) is 0.135. The van der Waals surface area contributed by atoms with Crippen LogP contribution in [0.1, 0.15) is 22.3 Å². The van der Waals surface area contributed by atoms with E-state index < -0.39 is 21.6 Å². The van der Waals surface area contributed by atoms with Gasteiger partial charge < -0.3 is 0 Å². The molecule has 278 valence electrons. The number of hydrogen-bond acceptors (Lipinski definition) is 3. The van der Waals surface area contributed by atoms with Gasteiger partial charge in [-0.3, -0.25) is 0 Å². The van der Waals surface area contributed by atoms with Crippen LogP contribution in [0.15, 0.2) is 176 Å². The number of hydrogen-bond donors (Lipinski definition) is 0. The van der Waals surface area contributed by atoms with E-state index in [2.05, 4.69) is 215 Å². The van der Waals surface area contributed by atoms with E-state index in [1.165, 1.54) is 43.8 Å². The normalized spacial score (nSPS) is 13.2. The molecule has 1 aliphatic carbocycles. The fourth-order valence-electron chi connectivity index (χ4n) is 8.46. The second kappa shape index (κ2) is 14.2. The van der Waals surface area contributed by atoms with Crippen LogP contribution in [-0.4, -0.2) is 31.1 Å². The number of rotatable bonds is 8. The Morgan fingerprint density at radius 1 is 0.333 bits per heavy atom. The highest BCUT2D eigenvalue weighted by molar-refractivity contribution is 6.89. The van der Waals surface area contributed by atoms with Crippen LogP contribution in [-0.2, 0) is 5.41 Å². The molecule has 1 aliphatic rings. The van der Waals surface area contributed by atoms with Crippen LogP contribution in [0.5, 0.6) is 0 Å². The third-order valence-electron chi connectivity index (χ3n) is 11.6. The maximum absolute atomic E-state index is 5.17. The lowest BCUT2D eigenvalue weighted by atomic mass is 9.67. The van der Waals surface area contributed by atoms with Crippen molar-refractivity contribution in [1.29, 1.82) is 0 Å². The van der Waals surface area contributed by atoms with Crippen molar-refractivity contribution in [3.8, 4) is 56.4 Å². The van der Waals surface area contributed by atoms with Crippen LogP contribution in [0.2, 0.25) is 39.3 Å². The Morgan fingerprint density at radius 3 is 1.28 bits per heavy atom. The lowest BCUT2D eigenvalue weighted by Crippen LogP contribution is -2.37. The topological polar surface area (TPSA) is 38.7 Å². The van der Waals surface area contributed by atoms with Crippen LogP contribution < -0.4 is 10.4 Å². The molecule has 1 heterocycles. The van der Waals surface area contributed by atoms with Crippen molar-refractivity contribution in [3.63, 3.8) is 0 Å². The molecule has 0 unspecified atom stereocenters. The Hall–Kier alpha value is -6.02. The highest BCUT2D eigenvalue weighted by Gasteiger charge is 2.46. The molecule has 57 heavy (non-hydrogen) atoms. The lowest BCUT2D eigenvalue weighted by Gasteiger charge is -2.34. The van der Waals surface area contributed by atoms with E-state index in [0.717, 1.165) is 27.8 Å². The van der Waals surface area contributed by atoms with Crippen LogP contribution >= 0.6 is 0 Å². The summed E-state index contributed by atoms with van der Waals surface area (Å²) in [5, 5.41) is 2.83. The van der Waals surface area contributed by atoms with E-state index in [4.69, 9.17) is 15.0 Å². The Balaban J connectivity index is 1.19. The molecule has 0 aliphatic heterocycles. The van der Waals surface area contributed by atoms with Crippen LogP contribution in [0.4, 0.5) is 0 Å². The second-order valence-electron chi connectivity index (χ2n) is 17.3. The largest absolute Gasteiger partial charge is 0.208 e. The molecule has 0 saturated heterocycles. The van der Waals surface area contributed by atoms with Gasteiger partial charge in [-0.15, -0.1) is 0 Å². The van der Waals surface area contributed by atoms with Crippen molar-refractivity contribution in [2.45, 2.75) is 44.7 Å². The first kappa shape index (κ1) is 36.6. The predicted molar refractivity (Wildman–Crippen MR) is 245 cm³/mol. The number of benzene rings is 7. The molecule has 0 spiro atoms. The molecule has 0 fully saturated rings. The van der Waals surface area contributed by atoms with Gasteiger partial charge in [0.15, 0.2) is 17.5 Å². The predicted octanol–water partition coefficient (Wildman–Crippen LogP) is 12.0. The molecule has 3 nitrogen and oxygen atoms in total. The molecular weight excluding hydrogens is 723 g/mol. The number of fused-ring (bicyclic) bond motifs is 3. The van der Waals surface area contributed by atoms with Crippen molar-refractivity contribution < 1.29 is 0 Å². The summed E-state index contributed by atoms with van der Waals surface area (Å²) in [7, 11) is -2.93. The lowest BCUT2D eigenvalue weighted by molar-refractivity contribution is 0.769. The molecule has 0 radical (unpaired) electrons. The smallest absolute Gasteiger partial charge is 0.164 e. The Morgan fingerprint density at radius 2 is 0.754 bits per heavy atom. The molecule has 0 saturated carbocycles. The zero-order chi connectivity index (χ0) is 39.4. The van der Waals surface area contributed by atoms with Crippen molar-refractivity contribution in [1.82, 2.24) is 15.0 Å². The third-order valence-corrected chi connectivity index (χ3v) is 15.7. The minimum atomic E-state index is -1.47. The average molecular weight is 770 g/mol. The zero-order valence-electron chi connectivity index (χ0n) is 33.6. The van der Waals surface area contributed by atoms with Crippen molar-refractivity contribution >= 4 is 26.5 Å². The van der Waals surface area contributed by atoms with Crippen molar-refractivity contribution in [3.05, 3.63) is 198 Å². The van der Waals surface area contributed by atoms with Crippen LogP contribution in [0.3, 0.4) is 0 Å². The Labute approximate surface area is 339 Å². The average Bonchev–Trinajstić information content (AvgIpc) is 3.54. The summed E-state index contributed by atoms with van der Waals surface area (Å²) >= 11 is 0. The highest BCUT2D eigenvalue weighted by Crippen LogP contribution is 2.56. The van der Waals surface area contributed by atoms with Crippen LogP contribution in [0.25, 0.3) is 56.4 Å². The Bertz CT molecular complexity index is 2610.